The first kappa shape index (κ1) is 25.8. The zero-order chi connectivity index (χ0) is 25.2. The quantitative estimate of drug-likeness (QED) is 0.300. The maximum Gasteiger partial charge on any atom is 0.193 e. The second-order valence-electron chi connectivity index (χ2n) is 10.4. The SMILES string of the molecule is CCCc1cccc(C(O[Si](C)(C)C(C)(C)C)c2ccc3c(c2)N(COC)c2nccnc2S3)n1. The van der Waals surface area contributed by atoms with Gasteiger partial charge in [0.15, 0.2) is 14.1 Å². The lowest BCUT2D eigenvalue weighted by Gasteiger charge is -2.39. The Bertz CT molecular complexity index is 1180. The Kier molecular flexibility index (Phi) is 7.66. The highest BCUT2D eigenvalue weighted by atomic mass is 32.2. The molecule has 1 aromatic carbocycles. The van der Waals surface area contributed by atoms with E-state index in [1.807, 2.05) is 0 Å². The molecule has 1 aliphatic rings. The molecule has 0 radical (unpaired) electrons. The van der Waals surface area contributed by atoms with Crippen LogP contribution in [0, 0.1) is 0 Å². The third-order valence-corrected chi connectivity index (χ3v) is 12.2. The Hall–Kier alpha value is -2.26. The molecule has 4 rings (SSSR count). The minimum atomic E-state index is -2.10. The molecule has 3 heterocycles. The van der Waals surface area contributed by atoms with Gasteiger partial charge in [0.05, 0.1) is 11.4 Å². The molecule has 0 fully saturated rings. The molecule has 35 heavy (non-hydrogen) atoms. The van der Waals surface area contributed by atoms with Gasteiger partial charge in [-0.1, -0.05) is 58.0 Å². The number of anilines is 2. The van der Waals surface area contributed by atoms with E-state index in [9.17, 15) is 0 Å². The summed E-state index contributed by atoms with van der Waals surface area (Å²) in [5, 5.41) is 0.959. The van der Waals surface area contributed by atoms with Crippen molar-refractivity contribution in [1.29, 1.82) is 0 Å². The number of methoxy groups -OCH3 is 1. The summed E-state index contributed by atoms with van der Waals surface area (Å²) in [6.45, 7) is 14.0. The Morgan fingerprint density at radius 3 is 2.57 bits per heavy atom. The van der Waals surface area contributed by atoms with Crippen molar-refractivity contribution in [2.24, 2.45) is 0 Å². The molecule has 2 aromatic heterocycles. The molecule has 1 atom stereocenters. The monoisotopic (exact) mass is 508 g/mol. The third kappa shape index (κ3) is 5.45. The lowest BCUT2D eigenvalue weighted by atomic mass is 10.0. The van der Waals surface area contributed by atoms with E-state index >= 15 is 0 Å². The van der Waals surface area contributed by atoms with Crippen LogP contribution in [0.15, 0.2) is 58.7 Å². The summed E-state index contributed by atoms with van der Waals surface area (Å²) in [5.74, 6) is 0.814. The minimum Gasteiger partial charge on any atom is -0.404 e. The molecule has 0 N–H and O–H groups in total. The standard InChI is InChI=1S/C27H36N4O2SSi/c1-8-10-20-11-9-12-21(30-20)24(33-35(6,7)27(2,3)4)19-13-14-23-22(17-19)31(18-32-5)25-26(34-23)29-16-15-28-25/h9,11-17,24H,8,10,18H2,1-7H3. The van der Waals surface area contributed by atoms with E-state index in [2.05, 4.69) is 92.1 Å². The second-order valence-corrected chi connectivity index (χ2v) is 16.2. The zero-order valence-corrected chi connectivity index (χ0v) is 23.6. The van der Waals surface area contributed by atoms with Gasteiger partial charge in [0.2, 0.25) is 0 Å². The van der Waals surface area contributed by atoms with Crippen LogP contribution in [0.25, 0.3) is 0 Å². The number of hydrogen-bond acceptors (Lipinski definition) is 7. The molecule has 186 valence electrons. The zero-order valence-electron chi connectivity index (χ0n) is 21.8. The number of rotatable bonds is 8. The molecule has 0 bridgehead atoms. The Morgan fingerprint density at radius 1 is 1.09 bits per heavy atom. The summed E-state index contributed by atoms with van der Waals surface area (Å²) in [4.78, 5) is 17.4. The summed E-state index contributed by atoms with van der Waals surface area (Å²) in [6, 6.07) is 12.9. The number of fused-ring (bicyclic) bond motifs is 2. The molecule has 3 aromatic rings. The average molecular weight is 509 g/mol. The topological polar surface area (TPSA) is 60.4 Å². The molecule has 1 unspecified atom stereocenters. The predicted molar refractivity (Wildman–Crippen MR) is 145 cm³/mol. The fourth-order valence-electron chi connectivity index (χ4n) is 3.86. The van der Waals surface area contributed by atoms with E-state index in [0.29, 0.717) is 6.73 Å². The summed E-state index contributed by atoms with van der Waals surface area (Å²) < 4.78 is 12.6. The van der Waals surface area contributed by atoms with Gasteiger partial charge in [-0.3, -0.25) is 9.88 Å². The smallest absolute Gasteiger partial charge is 0.193 e. The first-order valence-corrected chi connectivity index (χ1v) is 15.9. The van der Waals surface area contributed by atoms with Crippen LogP contribution in [-0.2, 0) is 15.6 Å². The molecular formula is C27H36N4O2SSi. The van der Waals surface area contributed by atoms with Crippen molar-refractivity contribution >= 4 is 31.6 Å². The van der Waals surface area contributed by atoms with Gasteiger partial charge in [-0.15, -0.1) is 0 Å². The van der Waals surface area contributed by atoms with E-state index in [1.165, 1.54) is 0 Å². The van der Waals surface area contributed by atoms with Crippen molar-refractivity contribution in [1.82, 2.24) is 15.0 Å². The van der Waals surface area contributed by atoms with Gasteiger partial charge in [-0.25, -0.2) is 9.97 Å². The van der Waals surface area contributed by atoms with Crippen molar-refractivity contribution in [3.8, 4) is 0 Å². The summed E-state index contributed by atoms with van der Waals surface area (Å²) in [5.41, 5.74) is 4.20. The number of aryl methyl sites for hydroxylation is 1. The summed E-state index contributed by atoms with van der Waals surface area (Å²) in [7, 11) is -0.398. The van der Waals surface area contributed by atoms with Crippen LogP contribution in [0.1, 0.15) is 57.2 Å². The average Bonchev–Trinajstić information content (AvgIpc) is 2.82. The Labute approximate surface area is 214 Å². The van der Waals surface area contributed by atoms with Gasteiger partial charge in [-0.05, 0) is 54.4 Å². The predicted octanol–water partition coefficient (Wildman–Crippen LogP) is 7.14. The number of pyridine rings is 1. The van der Waals surface area contributed by atoms with E-state index in [1.54, 1.807) is 31.3 Å². The Morgan fingerprint density at radius 2 is 1.86 bits per heavy atom. The van der Waals surface area contributed by atoms with Crippen LogP contribution in [-0.4, -0.2) is 37.1 Å². The summed E-state index contributed by atoms with van der Waals surface area (Å²) >= 11 is 1.64. The molecule has 0 saturated carbocycles. The molecule has 0 spiro atoms. The van der Waals surface area contributed by atoms with Gasteiger partial charge in [0.1, 0.15) is 17.9 Å². The lowest BCUT2D eigenvalue weighted by molar-refractivity contribution is 0.204. The largest absolute Gasteiger partial charge is 0.404 e. The van der Waals surface area contributed by atoms with Crippen molar-refractivity contribution in [2.45, 2.75) is 74.7 Å². The maximum atomic E-state index is 7.06. The van der Waals surface area contributed by atoms with Gasteiger partial charge >= 0.3 is 0 Å². The van der Waals surface area contributed by atoms with Crippen molar-refractivity contribution in [3.63, 3.8) is 0 Å². The van der Waals surface area contributed by atoms with E-state index in [4.69, 9.17) is 14.1 Å². The fourth-order valence-corrected chi connectivity index (χ4v) is 6.04. The van der Waals surface area contributed by atoms with Crippen LogP contribution >= 0.6 is 11.8 Å². The van der Waals surface area contributed by atoms with E-state index < -0.39 is 8.32 Å². The maximum absolute atomic E-state index is 7.06. The number of nitrogens with zero attached hydrogens (tertiary/aromatic N) is 4. The van der Waals surface area contributed by atoms with Crippen molar-refractivity contribution < 1.29 is 9.16 Å². The van der Waals surface area contributed by atoms with Gasteiger partial charge in [0.25, 0.3) is 0 Å². The second kappa shape index (κ2) is 10.4. The van der Waals surface area contributed by atoms with Gasteiger partial charge < -0.3 is 9.16 Å². The number of benzene rings is 1. The fraction of sp³-hybridized carbons (Fsp3) is 0.444. The minimum absolute atomic E-state index is 0.0763. The first-order valence-electron chi connectivity index (χ1n) is 12.2. The number of ether oxygens (including phenoxy) is 1. The molecular weight excluding hydrogens is 472 g/mol. The number of aromatic nitrogens is 3. The van der Waals surface area contributed by atoms with Crippen LogP contribution in [0.4, 0.5) is 11.5 Å². The molecule has 0 amide bonds. The van der Waals surface area contributed by atoms with Gasteiger partial charge in [-0.2, -0.15) is 0 Å². The van der Waals surface area contributed by atoms with Crippen LogP contribution in [0.5, 0.6) is 0 Å². The Balaban J connectivity index is 1.81. The number of hydrogen-bond donors (Lipinski definition) is 0. The van der Waals surface area contributed by atoms with Crippen molar-refractivity contribution in [2.75, 3.05) is 18.7 Å². The highest BCUT2D eigenvalue weighted by molar-refractivity contribution is 7.99. The van der Waals surface area contributed by atoms with E-state index in [-0.39, 0.29) is 11.1 Å². The van der Waals surface area contributed by atoms with Crippen LogP contribution in [0.2, 0.25) is 18.1 Å². The van der Waals surface area contributed by atoms with Crippen LogP contribution < -0.4 is 4.90 Å². The first-order chi connectivity index (χ1) is 16.6. The van der Waals surface area contributed by atoms with Crippen molar-refractivity contribution in [3.05, 3.63) is 65.7 Å². The van der Waals surface area contributed by atoms with E-state index in [0.717, 1.165) is 51.2 Å². The lowest BCUT2D eigenvalue weighted by Crippen LogP contribution is -2.42. The molecule has 1 aliphatic heterocycles. The molecule has 8 heteroatoms. The molecule has 0 saturated heterocycles. The molecule has 6 nitrogen and oxygen atoms in total. The van der Waals surface area contributed by atoms with Gasteiger partial charge in [0, 0.05) is 30.1 Å². The van der Waals surface area contributed by atoms with Crippen LogP contribution in [0.3, 0.4) is 0 Å². The third-order valence-electron chi connectivity index (χ3n) is 6.77. The highest BCUT2D eigenvalue weighted by Crippen LogP contribution is 2.48. The summed E-state index contributed by atoms with van der Waals surface area (Å²) in [6.07, 6.45) is 5.22. The highest BCUT2D eigenvalue weighted by Gasteiger charge is 2.40. The normalized spacial score (nSPS) is 14.4. The molecule has 0 aliphatic carbocycles.